The van der Waals surface area contributed by atoms with Crippen LogP contribution in [-0.4, -0.2) is 33.7 Å². The fourth-order valence-electron chi connectivity index (χ4n) is 2.52. The van der Waals surface area contributed by atoms with Crippen molar-refractivity contribution in [3.8, 4) is 11.4 Å². The van der Waals surface area contributed by atoms with Gasteiger partial charge in [0, 0.05) is 18.2 Å². The van der Waals surface area contributed by atoms with Gasteiger partial charge < -0.3 is 14.7 Å². The molecule has 6 heteroatoms. The van der Waals surface area contributed by atoms with Crippen LogP contribution in [0.3, 0.4) is 0 Å². The molecule has 110 valence electrons. The van der Waals surface area contributed by atoms with Gasteiger partial charge in [0.25, 0.3) is 0 Å². The molecule has 0 bridgehead atoms. The number of amides is 2. The van der Waals surface area contributed by atoms with E-state index in [-0.39, 0.29) is 12.6 Å². The largest absolute Gasteiger partial charge is 0.337 e. The summed E-state index contributed by atoms with van der Waals surface area (Å²) < 4.78 is 5.16. The summed E-state index contributed by atoms with van der Waals surface area (Å²) in [5, 5.41) is 6.75. The Labute approximate surface area is 123 Å². The minimum absolute atomic E-state index is 0.0699. The van der Waals surface area contributed by atoms with Crippen LogP contribution in [0.1, 0.15) is 25.7 Å². The van der Waals surface area contributed by atoms with Crippen LogP contribution in [0.2, 0.25) is 0 Å². The van der Waals surface area contributed by atoms with Gasteiger partial charge >= 0.3 is 6.03 Å². The molecule has 1 saturated heterocycles. The molecule has 1 unspecified atom stereocenters. The van der Waals surface area contributed by atoms with Gasteiger partial charge in [-0.2, -0.15) is 4.98 Å². The molecule has 3 rings (SSSR count). The molecule has 2 amide bonds. The maximum atomic E-state index is 12.0. The van der Waals surface area contributed by atoms with Crippen molar-refractivity contribution in [1.29, 1.82) is 0 Å². The van der Waals surface area contributed by atoms with Gasteiger partial charge in [-0.1, -0.05) is 35.5 Å². The van der Waals surface area contributed by atoms with E-state index >= 15 is 0 Å². The first-order valence-electron chi connectivity index (χ1n) is 7.16. The number of benzene rings is 1. The Morgan fingerprint density at radius 1 is 1.43 bits per heavy atom. The zero-order valence-corrected chi connectivity index (χ0v) is 12.0. The van der Waals surface area contributed by atoms with Crippen LogP contribution in [0, 0.1) is 0 Å². The van der Waals surface area contributed by atoms with Gasteiger partial charge in [0.1, 0.15) is 0 Å². The quantitative estimate of drug-likeness (QED) is 0.940. The van der Waals surface area contributed by atoms with Gasteiger partial charge in [-0.3, -0.25) is 0 Å². The van der Waals surface area contributed by atoms with Crippen LogP contribution in [0.15, 0.2) is 34.9 Å². The first-order chi connectivity index (χ1) is 10.2. The number of nitrogens with one attached hydrogen (secondary N) is 1. The molecule has 0 aliphatic carbocycles. The Kier molecular flexibility index (Phi) is 3.85. The van der Waals surface area contributed by atoms with E-state index in [4.69, 9.17) is 4.52 Å². The van der Waals surface area contributed by atoms with Gasteiger partial charge in [-0.15, -0.1) is 0 Å². The Hall–Kier alpha value is -2.37. The third-order valence-corrected chi connectivity index (χ3v) is 3.70. The number of hydrogen-bond donors (Lipinski definition) is 1. The maximum absolute atomic E-state index is 12.0. The topological polar surface area (TPSA) is 71.3 Å². The van der Waals surface area contributed by atoms with Gasteiger partial charge in [0.2, 0.25) is 11.7 Å². The van der Waals surface area contributed by atoms with Crippen LogP contribution in [0.25, 0.3) is 11.4 Å². The molecule has 2 heterocycles. The lowest BCUT2D eigenvalue weighted by atomic mass is 10.2. The molecular weight excluding hydrogens is 268 g/mol. The van der Waals surface area contributed by atoms with Crippen LogP contribution >= 0.6 is 0 Å². The minimum atomic E-state index is -0.0699. The molecule has 6 nitrogen and oxygen atoms in total. The van der Waals surface area contributed by atoms with Crippen LogP contribution < -0.4 is 5.32 Å². The van der Waals surface area contributed by atoms with Gasteiger partial charge in [0.15, 0.2) is 0 Å². The SMILES string of the molecule is CC1CCCN1C(=O)NCc1nc(-c2ccccc2)no1. The van der Waals surface area contributed by atoms with Crippen LogP contribution in [-0.2, 0) is 6.54 Å². The predicted molar refractivity (Wildman–Crippen MR) is 77.4 cm³/mol. The highest BCUT2D eigenvalue weighted by Crippen LogP contribution is 2.17. The monoisotopic (exact) mass is 286 g/mol. The number of nitrogens with zero attached hydrogens (tertiary/aromatic N) is 3. The molecule has 1 fully saturated rings. The Bertz CT molecular complexity index is 611. The van der Waals surface area contributed by atoms with Crippen molar-refractivity contribution in [3.05, 3.63) is 36.2 Å². The summed E-state index contributed by atoms with van der Waals surface area (Å²) in [7, 11) is 0. The minimum Gasteiger partial charge on any atom is -0.337 e. The van der Waals surface area contributed by atoms with E-state index in [0.717, 1.165) is 24.9 Å². The van der Waals surface area contributed by atoms with Crippen molar-refractivity contribution in [2.24, 2.45) is 0 Å². The van der Waals surface area contributed by atoms with E-state index in [9.17, 15) is 4.79 Å². The number of likely N-dealkylation sites (tertiary alicyclic amines) is 1. The zero-order valence-electron chi connectivity index (χ0n) is 12.0. The third kappa shape index (κ3) is 3.04. The van der Waals surface area contributed by atoms with Crippen molar-refractivity contribution in [2.45, 2.75) is 32.4 Å². The van der Waals surface area contributed by atoms with Crippen molar-refractivity contribution < 1.29 is 9.32 Å². The molecule has 0 spiro atoms. The highest BCUT2D eigenvalue weighted by Gasteiger charge is 2.25. The van der Waals surface area contributed by atoms with Crippen molar-refractivity contribution >= 4 is 6.03 Å². The maximum Gasteiger partial charge on any atom is 0.318 e. The molecule has 21 heavy (non-hydrogen) atoms. The fraction of sp³-hybridized carbons (Fsp3) is 0.400. The molecule has 1 aromatic heterocycles. The Morgan fingerprint density at radius 2 is 2.24 bits per heavy atom. The van der Waals surface area contributed by atoms with Crippen molar-refractivity contribution in [2.75, 3.05) is 6.54 Å². The molecule has 1 aromatic carbocycles. The standard InChI is InChI=1S/C15H18N4O2/c1-11-6-5-9-19(11)15(20)16-10-13-17-14(18-21-13)12-7-3-2-4-8-12/h2-4,7-8,11H,5-6,9-10H2,1H3,(H,16,20). The molecule has 1 aliphatic heterocycles. The molecule has 1 N–H and O–H groups in total. The molecule has 0 saturated carbocycles. The number of aromatic nitrogens is 2. The van der Waals surface area contributed by atoms with E-state index in [1.54, 1.807) is 0 Å². The van der Waals surface area contributed by atoms with Gasteiger partial charge in [-0.25, -0.2) is 4.79 Å². The summed E-state index contributed by atoms with van der Waals surface area (Å²) in [5.41, 5.74) is 0.895. The first kappa shape index (κ1) is 13.6. The first-order valence-corrected chi connectivity index (χ1v) is 7.16. The second-order valence-electron chi connectivity index (χ2n) is 5.22. The number of carbonyl (C=O) groups is 1. The summed E-state index contributed by atoms with van der Waals surface area (Å²) in [4.78, 5) is 18.2. The van der Waals surface area contributed by atoms with E-state index in [0.29, 0.717) is 17.8 Å². The summed E-state index contributed by atoms with van der Waals surface area (Å²) in [6.07, 6.45) is 2.12. The van der Waals surface area contributed by atoms with Crippen molar-refractivity contribution in [1.82, 2.24) is 20.4 Å². The molecule has 2 aromatic rings. The molecular formula is C15H18N4O2. The predicted octanol–water partition coefficient (Wildman–Crippen LogP) is 2.43. The number of urea groups is 1. The fourth-order valence-corrected chi connectivity index (χ4v) is 2.52. The van der Waals surface area contributed by atoms with E-state index in [2.05, 4.69) is 22.4 Å². The second-order valence-corrected chi connectivity index (χ2v) is 5.22. The molecule has 0 radical (unpaired) electrons. The van der Waals surface area contributed by atoms with Crippen LogP contribution in [0.5, 0.6) is 0 Å². The van der Waals surface area contributed by atoms with E-state index in [1.165, 1.54) is 0 Å². The second kappa shape index (κ2) is 5.95. The zero-order chi connectivity index (χ0) is 14.7. The average molecular weight is 286 g/mol. The highest BCUT2D eigenvalue weighted by molar-refractivity contribution is 5.74. The highest BCUT2D eigenvalue weighted by atomic mass is 16.5. The number of hydrogen-bond acceptors (Lipinski definition) is 4. The Morgan fingerprint density at radius 3 is 2.95 bits per heavy atom. The normalized spacial score (nSPS) is 18.0. The van der Waals surface area contributed by atoms with E-state index < -0.39 is 0 Å². The number of rotatable bonds is 3. The third-order valence-electron chi connectivity index (χ3n) is 3.70. The Balaban J connectivity index is 1.59. The summed E-state index contributed by atoms with van der Waals surface area (Å²) in [6.45, 7) is 3.13. The van der Waals surface area contributed by atoms with Gasteiger partial charge in [0.05, 0.1) is 6.54 Å². The van der Waals surface area contributed by atoms with Crippen LogP contribution in [0.4, 0.5) is 4.79 Å². The van der Waals surface area contributed by atoms with Crippen molar-refractivity contribution in [3.63, 3.8) is 0 Å². The lowest BCUT2D eigenvalue weighted by molar-refractivity contribution is 0.194. The lowest BCUT2D eigenvalue weighted by Crippen LogP contribution is -2.41. The summed E-state index contributed by atoms with van der Waals surface area (Å²) in [5.74, 6) is 0.948. The van der Waals surface area contributed by atoms with E-state index in [1.807, 2.05) is 35.2 Å². The number of carbonyl (C=O) groups excluding carboxylic acids is 1. The summed E-state index contributed by atoms with van der Waals surface area (Å²) in [6, 6.07) is 9.83. The summed E-state index contributed by atoms with van der Waals surface area (Å²) >= 11 is 0. The lowest BCUT2D eigenvalue weighted by Gasteiger charge is -2.21. The smallest absolute Gasteiger partial charge is 0.318 e. The molecule has 1 atom stereocenters. The molecule has 1 aliphatic rings. The average Bonchev–Trinajstić information content (AvgIpc) is 3.15. The van der Waals surface area contributed by atoms with Gasteiger partial charge in [-0.05, 0) is 19.8 Å².